The Labute approximate surface area is 465 Å². The number of ether oxygens (including phenoxy) is 3. The molecule has 0 aliphatic rings. The van der Waals surface area contributed by atoms with Crippen LogP contribution < -0.4 is 0 Å². The monoisotopic (exact) mass is 1050 g/mol. The SMILES string of the molecule is CCCCC/C=C\C/C=C\C/C=C\CCCCCCCCC(=O)OC(COC(=O)CCCCCCCCC)COC(=O)CCCCCCCCCCCCCCCCCC/C=C\C/C=C\C/C=C\CCCCCCC. The lowest BCUT2D eigenvalue weighted by atomic mass is 10.0. The number of rotatable bonds is 59. The summed E-state index contributed by atoms with van der Waals surface area (Å²) >= 11 is 0. The molecule has 1 atom stereocenters. The van der Waals surface area contributed by atoms with Gasteiger partial charge in [0.1, 0.15) is 13.2 Å². The van der Waals surface area contributed by atoms with Gasteiger partial charge in [0, 0.05) is 19.3 Å². The average molecular weight is 1050 g/mol. The number of esters is 3. The second kappa shape index (κ2) is 63.4. The van der Waals surface area contributed by atoms with Gasteiger partial charge >= 0.3 is 17.9 Å². The Kier molecular flexibility index (Phi) is 60.7. The first kappa shape index (κ1) is 71.8. The number of hydrogen-bond donors (Lipinski definition) is 0. The molecule has 0 spiro atoms. The van der Waals surface area contributed by atoms with E-state index in [9.17, 15) is 14.4 Å². The lowest BCUT2D eigenvalue weighted by molar-refractivity contribution is -0.167. The predicted molar refractivity (Wildman–Crippen MR) is 325 cm³/mol. The Morgan fingerprint density at radius 1 is 0.267 bits per heavy atom. The topological polar surface area (TPSA) is 78.9 Å². The van der Waals surface area contributed by atoms with Gasteiger partial charge in [0.25, 0.3) is 0 Å². The minimum absolute atomic E-state index is 0.0780. The molecule has 1 unspecified atom stereocenters. The van der Waals surface area contributed by atoms with Crippen LogP contribution in [0.1, 0.15) is 329 Å². The first-order chi connectivity index (χ1) is 37.0. The number of hydrogen-bond acceptors (Lipinski definition) is 6. The molecule has 0 saturated heterocycles. The molecule has 0 aliphatic heterocycles. The van der Waals surface area contributed by atoms with Crippen LogP contribution in [-0.4, -0.2) is 37.2 Å². The van der Waals surface area contributed by atoms with Crippen molar-refractivity contribution in [3.05, 3.63) is 72.9 Å². The Morgan fingerprint density at radius 2 is 0.480 bits per heavy atom. The molecule has 75 heavy (non-hydrogen) atoms. The van der Waals surface area contributed by atoms with Gasteiger partial charge < -0.3 is 14.2 Å². The molecular weight excluding hydrogens is 925 g/mol. The molecule has 0 heterocycles. The summed E-state index contributed by atoms with van der Waals surface area (Å²) in [6.07, 6.45) is 82.3. The van der Waals surface area contributed by atoms with Crippen LogP contribution in [0.15, 0.2) is 72.9 Å². The van der Waals surface area contributed by atoms with E-state index in [1.165, 1.54) is 193 Å². The molecule has 0 amide bonds. The van der Waals surface area contributed by atoms with E-state index < -0.39 is 6.10 Å². The van der Waals surface area contributed by atoms with Gasteiger partial charge in [-0.15, -0.1) is 0 Å². The standard InChI is InChI=1S/C69H122O6/c1-4-7-10-13-16-18-20-22-24-26-28-29-30-31-32-33-34-35-36-37-38-39-41-42-44-46-48-50-53-56-59-62-68(71)74-65-66(64-73-67(70)61-58-55-52-15-12-9-6-3)75-69(72)63-60-57-54-51-49-47-45-43-40-27-25-23-21-19-17-14-11-8-5-2/h17,19-20,22-23,25-26,28,30-31,40,43,66H,4-16,18,21,24,27,29,32-39,41-42,44-65H2,1-3H3/b19-17-,22-20-,25-23-,28-26-,31-30-,43-40-. The van der Waals surface area contributed by atoms with E-state index in [4.69, 9.17) is 14.2 Å². The molecule has 0 fully saturated rings. The summed E-state index contributed by atoms with van der Waals surface area (Å²) in [5.41, 5.74) is 0. The third-order valence-electron chi connectivity index (χ3n) is 14.2. The molecule has 6 heteroatoms. The number of carbonyl (C=O) groups excluding carboxylic acids is 3. The van der Waals surface area contributed by atoms with Crippen LogP contribution in [0.25, 0.3) is 0 Å². The maximum absolute atomic E-state index is 12.8. The lowest BCUT2D eigenvalue weighted by Gasteiger charge is -2.18. The maximum Gasteiger partial charge on any atom is 0.306 e. The van der Waals surface area contributed by atoms with Crippen molar-refractivity contribution in [3.63, 3.8) is 0 Å². The highest BCUT2D eigenvalue weighted by atomic mass is 16.6. The highest BCUT2D eigenvalue weighted by Crippen LogP contribution is 2.17. The van der Waals surface area contributed by atoms with E-state index in [1.54, 1.807) is 0 Å². The zero-order valence-electron chi connectivity index (χ0n) is 49.8. The zero-order valence-corrected chi connectivity index (χ0v) is 49.8. The number of unbranched alkanes of at least 4 members (excludes halogenated alkanes) is 36. The van der Waals surface area contributed by atoms with E-state index >= 15 is 0 Å². The minimum Gasteiger partial charge on any atom is -0.462 e. The summed E-state index contributed by atoms with van der Waals surface area (Å²) in [7, 11) is 0. The van der Waals surface area contributed by atoms with E-state index in [-0.39, 0.29) is 31.1 Å². The highest BCUT2D eigenvalue weighted by Gasteiger charge is 2.19. The fourth-order valence-electron chi connectivity index (χ4n) is 9.28. The van der Waals surface area contributed by atoms with Crippen LogP contribution in [0, 0.1) is 0 Å². The molecule has 0 aromatic rings. The zero-order chi connectivity index (χ0) is 54.3. The number of allylic oxidation sites excluding steroid dienone is 12. The average Bonchev–Trinajstić information content (AvgIpc) is 3.41. The molecule has 0 aromatic heterocycles. The van der Waals surface area contributed by atoms with E-state index in [2.05, 4.69) is 93.7 Å². The van der Waals surface area contributed by atoms with Crippen LogP contribution in [0.4, 0.5) is 0 Å². The lowest BCUT2D eigenvalue weighted by Crippen LogP contribution is -2.30. The molecule has 0 N–H and O–H groups in total. The quantitative estimate of drug-likeness (QED) is 0.0261. The molecule has 434 valence electrons. The Hall–Kier alpha value is -3.15. The van der Waals surface area contributed by atoms with Gasteiger partial charge in [-0.3, -0.25) is 14.4 Å². The third-order valence-corrected chi connectivity index (χ3v) is 14.2. The normalized spacial score (nSPS) is 12.5. The molecule has 0 saturated carbocycles. The van der Waals surface area contributed by atoms with Crippen LogP contribution in [0.5, 0.6) is 0 Å². The maximum atomic E-state index is 12.8. The van der Waals surface area contributed by atoms with Gasteiger partial charge in [-0.1, -0.05) is 286 Å². The fraction of sp³-hybridized carbons (Fsp3) is 0.783. The van der Waals surface area contributed by atoms with Gasteiger partial charge in [0.05, 0.1) is 0 Å². The molecule has 0 radical (unpaired) electrons. The summed E-state index contributed by atoms with van der Waals surface area (Å²) in [4.78, 5) is 38.1. The second-order valence-corrected chi connectivity index (χ2v) is 21.7. The van der Waals surface area contributed by atoms with Crippen molar-refractivity contribution in [2.24, 2.45) is 0 Å². The Bertz CT molecular complexity index is 1390. The van der Waals surface area contributed by atoms with E-state index in [1.807, 2.05) is 0 Å². The van der Waals surface area contributed by atoms with Crippen molar-refractivity contribution >= 4 is 17.9 Å². The summed E-state index contributed by atoms with van der Waals surface area (Å²) in [6.45, 7) is 6.58. The van der Waals surface area contributed by atoms with Crippen LogP contribution in [-0.2, 0) is 28.6 Å². The summed E-state index contributed by atoms with van der Waals surface area (Å²) in [6, 6.07) is 0. The van der Waals surface area contributed by atoms with Crippen molar-refractivity contribution in [1.29, 1.82) is 0 Å². The first-order valence-electron chi connectivity index (χ1n) is 32.4. The smallest absolute Gasteiger partial charge is 0.306 e. The summed E-state index contributed by atoms with van der Waals surface area (Å²) in [5.74, 6) is -0.885. The van der Waals surface area contributed by atoms with Gasteiger partial charge in [0.15, 0.2) is 6.10 Å². The largest absolute Gasteiger partial charge is 0.462 e. The van der Waals surface area contributed by atoms with Gasteiger partial charge in [-0.05, 0) is 96.3 Å². The molecule has 0 aromatic carbocycles. The Balaban J connectivity index is 4.07. The second-order valence-electron chi connectivity index (χ2n) is 21.7. The highest BCUT2D eigenvalue weighted by molar-refractivity contribution is 5.71. The van der Waals surface area contributed by atoms with Gasteiger partial charge in [0.2, 0.25) is 0 Å². The number of carbonyl (C=O) groups is 3. The van der Waals surface area contributed by atoms with Crippen molar-refractivity contribution < 1.29 is 28.6 Å². The predicted octanol–water partition coefficient (Wildman–Crippen LogP) is 22.1. The fourth-order valence-corrected chi connectivity index (χ4v) is 9.28. The first-order valence-corrected chi connectivity index (χ1v) is 32.4. The minimum atomic E-state index is -0.779. The van der Waals surface area contributed by atoms with Gasteiger partial charge in [-0.2, -0.15) is 0 Å². The molecule has 6 nitrogen and oxygen atoms in total. The summed E-state index contributed by atoms with van der Waals surface area (Å²) in [5, 5.41) is 0. The molecule has 0 aliphatic carbocycles. The van der Waals surface area contributed by atoms with Gasteiger partial charge in [-0.25, -0.2) is 0 Å². The van der Waals surface area contributed by atoms with Crippen molar-refractivity contribution in [1.82, 2.24) is 0 Å². The van der Waals surface area contributed by atoms with Crippen LogP contribution in [0.3, 0.4) is 0 Å². The van der Waals surface area contributed by atoms with Crippen LogP contribution in [0.2, 0.25) is 0 Å². The van der Waals surface area contributed by atoms with Crippen molar-refractivity contribution in [2.75, 3.05) is 13.2 Å². The third kappa shape index (κ3) is 61.6. The molecular formula is C69H122O6. The van der Waals surface area contributed by atoms with E-state index in [0.717, 1.165) is 96.3 Å². The van der Waals surface area contributed by atoms with Crippen LogP contribution >= 0.6 is 0 Å². The molecule has 0 bridgehead atoms. The van der Waals surface area contributed by atoms with Crippen molar-refractivity contribution in [3.8, 4) is 0 Å². The van der Waals surface area contributed by atoms with E-state index in [0.29, 0.717) is 19.3 Å². The van der Waals surface area contributed by atoms with Crippen molar-refractivity contribution in [2.45, 2.75) is 335 Å². The summed E-state index contributed by atoms with van der Waals surface area (Å²) < 4.78 is 16.8. The Morgan fingerprint density at radius 3 is 0.773 bits per heavy atom. The molecule has 0 rings (SSSR count).